The lowest BCUT2D eigenvalue weighted by atomic mass is 9.88. The average molecular weight is 254 g/mol. The highest BCUT2D eigenvalue weighted by molar-refractivity contribution is 5.78. The van der Waals surface area contributed by atoms with Crippen LogP contribution in [0.25, 0.3) is 0 Å². The van der Waals surface area contributed by atoms with Gasteiger partial charge in [-0.25, -0.2) is 0 Å². The standard InChI is InChI=1S/C17H34O/c1-5-9-11-15(7-3)13-17(18)14-16(8-4)12-10-6-2/h15-16H,5-14H2,1-4H3/t15-,16-/m1/s1. The zero-order chi connectivity index (χ0) is 13.8. The molecule has 0 bridgehead atoms. The Labute approximate surface area is 115 Å². The Morgan fingerprint density at radius 3 is 1.44 bits per heavy atom. The maximum absolute atomic E-state index is 12.1. The molecular weight excluding hydrogens is 220 g/mol. The van der Waals surface area contributed by atoms with E-state index in [1.165, 1.54) is 38.5 Å². The van der Waals surface area contributed by atoms with Gasteiger partial charge in [0.1, 0.15) is 5.78 Å². The van der Waals surface area contributed by atoms with Crippen LogP contribution in [0.4, 0.5) is 0 Å². The minimum absolute atomic E-state index is 0.515. The molecule has 2 atom stereocenters. The fourth-order valence-electron chi connectivity index (χ4n) is 2.61. The lowest BCUT2D eigenvalue weighted by Gasteiger charge is -2.17. The molecule has 0 heterocycles. The first kappa shape index (κ1) is 17.7. The lowest BCUT2D eigenvalue weighted by Crippen LogP contribution is -2.12. The summed E-state index contributed by atoms with van der Waals surface area (Å²) in [7, 11) is 0. The molecule has 0 saturated carbocycles. The summed E-state index contributed by atoms with van der Waals surface area (Å²) in [6, 6.07) is 0. The lowest BCUT2D eigenvalue weighted by molar-refractivity contribution is -0.121. The summed E-state index contributed by atoms with van der Waals surface area (Å²) in [6.07, 6.45) is 11.5. The van der Waals surface area contributed by atoms with Crippen LogP contribution in [0.5, 0.6) is 0 Å². The molecule has 0 radical (unpaired) electrons. The molecule has 0 aliphatic heterocycles. The highest BCUT2D eigenvalue weighted by atomic mass is 16.1. The maximum atomic E-state index is 12.1. The van der Waals surface area contributed by atoms with Gasteiger partial charge in [-0.1, -0.05) is 79.1 Å². The van der Waals surface area contributed by atoms with Crippen molar-refractivity contribution in [3.8, 4) is 0 Å². The van der Waals surface area contributed by atoms with Crippen LogP contribution < -0.4 is 0 Å². The minimum atomic E-state index is 0.515. The Kier molecular flexibility index (Phi) is 11.5. The Balaban J connectivity index is 3.96. The number of hydrogen-bond donors (Lipinski definition) is 0. The van der Waals surface area contributed by atoms with Crippen molar-refractivity contribution < 1.29 is 4.79 Å². The summed E-state index contributed by atoms with van der Waals surface area (Å²) in [5.74, 6) is 1.79. The molecule has 0 saturated heterocycles. The molecule has 0 rings (SSSR count). The van der Waals surface area contributed by atoms with Crippen LogP contribution >= 0.6 is 0 Å². The smallest absolute Gasteiger partial charge is 0.133 e. The second-order valence-corrected chi connectivity index (χ2v) is 5.78. The zero-order valence-corrected chi connectivity index (χ0v) is 13.1. The number of carbonyl (C=O) groups excluding carboxylic acids is 1. The molecule has 0 aromatic heterocycles. The average Bonchev–Trinajstić information content (AvgIpc) is 2.39. The summed E-state index contributed by atoms with van der Waals surface area (Å²) in [6.45, 7) is 8.91. The van der Waals surface area contributed by atoms with Crippen molar-refractivity contribution in [3.05, 3.63) is 0 Å². The van der Waals surface area contributed by atoms with Gasteiger partial charge in [0.15, 0.2) is 0 Å². The Hall–Kier alpha value is -0.330. The predicted molar refractivity (Wildman–Crippen MR) is 80.9 cm³/mol. The van der Waals surface area contributed by atoms with Gasteiger partial charge < -0.3 is 0 Å². The number of Topliss-reactive ketones (excluding diaryl/α,β-unsaturated/α-hetero) is 1. The van der Waals surface area contributed by atoms with E-state index in [0.29, 0.717) is 17.6 Å². The number of carbonyl (C=O) groups is 1. The van der Waals surface area contributed by atoms with Gasteiger partial charge >= 0.3 is 0 Å². The molecule has 0 spiro atoms. The molecule has 0 aliphatic rings. The molecular formula is C17H34O. The Morgan fingerprint density at radius 1 is 0.778 bits per heavy atom. The highest BCUT2D eigenvalue weighted by Gasteiger charge is 2.15. The SMILES string of the molecule is CCCC[C@@H](CC)CC(=O)C[C@H](CC)CCCC. The van der Waals surface area contributed by atoms with Crippen molar-refractivity contribution in [2.45, 2.75) is 91.9 Å². The van der Waals surface area contributed by atoms with Crippen molar-refractivity contribution in [2.24, 2.45) is 11.8 Å². The van der Waals surface area contributed by atoms with E-state index in [2.05, 4.69) is 27.7 Å². The van der Waals surface area contributed by atoms with Crippen LogP contribution in [0.15, 0.2) is 0 Å². The monoisotopic (exact) mass is 254 g/mol. The largest absolute Gasteiger partial charge is 0.300 e. The van der Waals surface area contributed by atoms with E-state index in [9.17, 15) is 4.79 Å². The molecule has 0 aromatic carbocycles. The minimum Gasteiger partial charge on any atom is -0.300 e. The Morgan fingerprint density at radius 2 is 1.17 bits per heavy atom. The molecule has 1 nitrogen and oxygen atoms in total. The zero-order valence-electron chi connectivity index (χ0n) is 13.1. The Bertz CT molecular complexity index is 178. The van der Waals surface area contributed by atoms with E-state index >= 15 is 0 Å². The van der Waals surface area contributed by atoms with Crippen molar-refractivity contribution in [2.75, 3.05) is 0 Å². The van der Waals surface area contributed by atoms with E-state index < -0.39 is 0 Å². The third-order valence-electron chi connectivity index (χ3n) is 4.12. The van der Waals surface area contributed by atoms with Gasteiger partial charge in [-0.2, -0.15) is 0 Å². The maximum Gasteiger partial charge on any atom is 0.133 e. The summed E-state index contributed by atoms with van der Waals surface area (Å²) in [4.78, 5) is 12.1. The van der Waals surface area contributed by atoms with E-state index in [-0.39, 0.29) is 0 Å². The van der Waals surface area contributed by atoms with Gasteiger partial charge in [-0.15, -0.1) is 0 Å². The molecule has 1 heteroatoms. The van der Waals surface area contributed by atoms with Gasteiger partial charge in [0.25, 0.3) is 0 Å². The van der Waals surface area contributed by atoms with Crippen LogP contribution in [0.1, 0.15) is 91.9 Å². The number of ketones is 1. The van der Waals surface area contributed by atoms with Crippen LogP contribution in [-0.4, -0.2) is 5.78 Å². The van der Waals surface area contributed by atoms with Crippen LogP contribution in [0.2, 0.25) is 0 Å². The number of rotatable bonds is 12. The van der Waals surface area contributed by atoms with Gasteiger partial charge in [0.2, 0.25) is 0 Å². The molecule has 0 amide bonds. The van der Waals surface area contributed by atoms with Crippen LogP contribution in [0, 0.1) is 11.8 Å². The van der Waals surface area contributed by atoms with Crippen molar-refractivity contribution >= 4 is 5.78 Å². The molecule has 0 unspecified atom stereocenters. The van der Waals surface area contributed by atoms with E-state index in [4.69, 9.17) is 0 Å². The van der Waals surface area contributed by atoms with Crippen molar-refractivity contribution in [1.82, 2.24) is 0 Å². The van der Waals surface area contributed by atoms with Gasteiger partial charge in [0.05, 0.1) is 0 Å². The van der Waals surface area contributed by atoms with Gasteiger partial charge in [0, 0.05) is 12.8 Å². The molecule has 0 fully saturated rings. The molecule has 108 valence electrons. The predicted octanol–water partition coefficient (Wildman–Crippen LogP) is 5.77. The topological polar surface area (TPSA) is 17.1 Å². The first-order chi connectivity index (χ1) is 8.67. The van der Waals surface area contributed by atoms with Crippen LogP contribution in [0.3, 0.4) is 0 Å². The normalized spacial score (nSPS) is 14.4. The number of hydrogen-bond acceptors (Lipinski definition) is 1. The molecule has 0 aliphatic carbocycles. The van der Waals surface area contributed by atoms with E-state index in [1.807, 2.05) is 0 Å². The molecule has 18 heavy (non-hydrogen) atoms. The summed E-state index contributed by atoms with van der Waals surface area (Å²) in [5.41, 5.74) is 0. The summed E-state index contributed by atoms with van der Waals surface area (Å²) in [5, 5.41) is 0. The highest BCUT2D eigenvalue weighted by Crippen LogP contribution is 2.22. The quantitative estimate of drug-likeness (QED) is 0.432. The summed E-state index contributed by atoms with van der Waals surface area (Å²) >= 11 is 0. The first-order valence-corrected chi connectivity index (χ1v) is 8.19. The molecule has 0 N–H and O–H groups in total. The molecule has 0 aromatic rings. The first-order valence-electron chi connectivity index (χ1n) is 8.19. The second kappa shape index (κ2) is 11.7. The number of unbranched alkanes of at least 4 members (excludes halogenated alkanes) is 2. The third kappa shape index (κ3) is 8.72. The van der Waals surface area contributed by atoms with E-state index in [1.54, 1.807) is 0 Å². The van der Waals surface area contributed by atoms with Gasteiger partial charge in [-0.05, 0) is 11.8 Å². The van der Waals surface area contributed by atoms with Crippen molar-refractivity contribution in [3.63, 3.8) is 0 Å². The van der Waals surface area contributed by atoms with E-state index in [0.717, 1.165) is 25.7 Å². The third-order valence-corrected chi connectivity index (χ3v) is 4.12. The fourth-order valence-corrected chi connectivity index (χ4v) is 2.61. The fraction of sp³-hybridized carbons (Fsp3) is 0.941. The van der Waals surface area contributed by atoms with Gasteiger partial charge in [-0.3, -0.25) is 4.79 Å². The summed E-state index contributed by atoms with van der Waals surface area (Å²) < 4.78 is 0. The van der Waals surface area contributed by atoms with Crippen LogP contribution in [-0.2, 0) is 4.79 Å². The van der Waals surface area contributed by atoms with Crippen molar-refractivity contribution in [1.29, 1.82) is 0 Å². The second-order valence-electron chi connectivity index (χ2n) is 5.78.